The number of ether oxygens (including phenoxy) is 1. The van der Waals surface area contributed by atoms with Crippen molar-refractivity contribution in [3.05, 3.63) is 53.1 Å². The Morgan fingerprint density at radius 3 is 3.00 bits per heavy atom. The molecule has 3 aromatic rings. The Balaban J connectivity index is 1.98. The normalized spacial score (nSPS) is 11.0. The minimum Gasteiger partial charge on any atom is -0.504 e. The zero-order valence-electron chi connectivity index (χ0n) is 12.2. The number of rotatable bonds is 4. The van der Waals surface area contributed by atoms with Crippen LogP contribution in [0.2, 0.25) is 0 Å². The van der Waals surface area contributed by atoms with Crippen molar-refractivity contribution in [3.63, 3.8) is 0 Å². The van der Waals surface area contributed by atoms with Gasteiger partial charge in [-0.05, 0) is 48.1 Å². The maximum absolute atomic E-state index is 9.61. The third-order valence-electron chi connectivity index (χ3n) is 3.10. The maximum atomic E-state index is 9.61. The number of nitrogens with one attached hydrogen (secondary N) is 1. The molecule has 8 heteroatoms. The topological polar surface area (TPSA) is 88.3 Å². The van der Waals surface area contributed by atoms with E-state index in [0.29, 0.717) is 16.3 Å². The smallest absolute Gasteiger partial charge is 0.216 e. The summed E-state index contributed by atoms with van der Waals surface area (Å²) in [7, 11) is 1.49. The van der Waals surface area contributed by atoms with Crippen molar-refractivity contribution >= 4 is 18.4 Å². The molecule has 0 fully saturated rings. The average Bonchev–Trinajstić information content (AvgIpc) is 2.95. The highest BCUT2D eigenvalue weighted by Crippen LogP contribution is 2.25. The van der Waals surface area contributed by atoms with Crippen molar-refractivity contribution in [2.45, 2.75) is 0 Å². The number of methoxy groups -OCH3 is 1. The average molecular weight is 327 g/mol. The molecule has 2 heterocycles. The van der Waals surface area contributed by atoms with Gasteiger partial charge in [0.2, 0.25) is 4.77 Å². The molecule has 7 nitrogen and oxygen atoms in total. The Hall–Kier alpha value is -3.00. The first-order valence-electron chi connectivity index (χ1n) is 6.68. The second-order valence-electron chi connectivity index (χ2n) is 4.58. The highest BCUT2D eigenvalue weighted by Gasteiger charge is 2.08. The van der Waals surface area contributed by atoms with Crippen LogP contribution in [0, 0.1) is 4.77 Å². The van der Waals surface area contributed by atoms with Gasteiger partial charge in [0.25, 0.3) is 0 Å². The van der Waals surface area contributed by atoms with Crippen molar-refractivity contribution < 1.29 is 9.84 Å². The molecular formula is C15H13N5O2S. The Bertz CT molecular complexity index is 902. The molecule has 0 aliphatic carbocycles. The molecule has 0 spiro atoms. The van der Waals surface area contributed by atoms with E-state index < -0.39 is 0 Å². The molecule has 2 aromatic heterocycles. The van der Waals surface area contributed by atoms with Crippen LogP contribution >= 0.6 is 12.2 Å². The maximum Gasteiger partial charge on any atom is 0.216 e. The molecule has 0 radical (unpaired) electrons. The van der Waals surface area contributed by atoms with Gasteiger partial charge in [0.1, 0.15) is 0 Å². The zero-order valence-corrected chi connectivity index (χ0v) is 13.0. The second kappa shape index (κ2) is 6.41. The molecule has 0 unspecified atom stereocenters. The van der Waals surface area contributed by atoms with Crippen LogP contribution in [0.3, 0.4) is 0 Å². The number of hydrogen-bond acceptors (Lipinski definition) is 6. The molecule has 0 bridgehead atoms. The summed E-state index contributed by atoms with van der Waals surface area (Å²) in [4.78, 5) is 4.06. The van der Waals surface area contributed by atoms with Crippen LogP contribution in [-0.2, 0) is 0 Å². The van der Waals surface area contributed by atoms with Crippen molar-refractivity contribution in [2.24, 2.45) is 5.10 Å². The van der Waals surface area contributed by atoms with Gasteiger partial charge in [-0.25, -0.2) is 5.10 Å². The molecule has 0 amide bonds. The fourth-order valence-corrected chi connectivity index (χ4v) is 2.16. The van der Waals surface area contributed by atoms with Crippen LogP contribution in [0.4, 0.5) is 0 Å². The van der Waals surface area contributed by atoms with Crippen LogP contribution in [0.15, 0.2) is 47.8 Å². The van der Waals surface area contributed by atoms with E-state index in [-0.39, 0.29) is 5.75 Å². The van der Waals surface area contributed by atoms with Crippen LogP contribution in [0.25, 0.3) is 11.4 Å². The van der Waals surface area contributed by atoms with E-state index in [1.807, 2.05) is 12.1 Å². The summed E-state index contributed by atoms with van der Waals surface area (Å²) in [6.07, 6.45) is 4.97. The number of nitrogens with zero attached hydrogens (tertiary/aromatic N) is 4. The van der Waals surface area contributed by atoms with Crippen molar-refractivity contribution in [2.75, 3.05) is 7.11 Å². The number of aromatic amines is 1. The standard InChI is InChI=1S/C15H13N5O2S/c1-22-13-7-10(4-5-12(13)21)8-17-20-14(18-19-15(20)23)11-3-2-6-16-9-11/h2-9,21H,1H3,(H,19,23). The first kappa shape index (κ1) is 14.9. The van der Waals surface area contributed by atoms with Crippen LogP contribution < -0.4 is 4.74 Å². The Labute approximate surface area is 136 Å². The highest BCUT2D eigenvalue weighted by atomic mass is 32.1. The van der Waals surface area contributed by atoms with E-state index in [2.05, 4.69) is 20.3 Å². The lowest BCUT2D eigenvalue weighted by molar-refractivity contribution is 0.373. The summed E-state index contributed by atoms with van der Waals surface area (Å²) in [5.74, 6) is 1.00. The molecule has 0 atom stereocenters. The summed E-state index contributed by atoms with van der Waals surface area (Å²) >= 11 is 5.20. The Morgan fingerprint density at radius 1 is 1.39 bits per heavy atom. The van der Waals surface area contributed by atoms with Crippen molar-refractivity contribution in [1.29, 1.82) is 0 Å². The minimum absolute atomic E-state index is 0.0700. The van der Waals surface area contributed by atoms with E-state index in [0.717, 1.165) is 11.1 Å². The number of benzene rings is 1. The fourth-order valence-electron chi connectivity index (χ4n) is 1.98. The SMILES string of the molecule is COc1cc(C=Nn2c(-c3cccnc3)n[nH]c2=S)ccc1O. The molecule has 3 rings (SSSR count). The van der Waals surface area contributed by atoms with Gasteiger partial charge in [-0.1, -0.05) is 0 Å². The van der Waals surface area contributed by atoms with Crippen LogP contribution in [0.5, 0.6) is 11.5 Å². The third-order valence-corrected chi connectivity index (χ3v) is 3.36. The lowest BCUT2D eigenvalue weighted by Gasteiger charge is -2.04. The van der Waals surface area contributed by atoms with Gasteiger partial charge in [-0.2, -0.15) is 14.9 Å². The van der Waals surface area contributed by atoms with Gasteiger partial charge in [0.05, 0.1) is 13.3 Å². The van der Waals surface area contributed by atoms with E-state index in [1.54, 1.807) is 30.7 Å². The van der Waals surface area contributed by atoms with Gasteiger partial charge in [-0.15, -0.1) is 0 Å². The molecule has 116 valence electrons. The summed E-state index contributed by atoms with van der Waals surface area (Å²) < 4.78 is 6.95. The lowest BCUT2D eigenvalue weighted by atomic mass is 10.2. The largest absolute Gasteiger partial charge is 0.504 e. The number of H-pyrrole nitrogens is 1. The van der Waals surface area contributed by atoms with Gasteiger partial charge in [0.15, 0.2) is 17.3 Å². The lowest BCUT2D eigenvalue weighted by Crippen LogP contribution is -1.95. The number of phenolic OH excluding ortho intramolecular Hbond substituents is 1. The number of aromatic nitrogens is 4. The van der Waals surface area contributed by atoms with E-state index >= 15 is 0 Å². The molecule has 0 saturated carbocycles. The molecule has 1 aromatic carbocycles. The van der Waals surface area contributed by atoms with Gasteiger partial charge in [-0.3, -0.25) is 4.98 Å². The fraction of sp³-hybridized carbons (Fsp3) is 0.0667. The number of phenols is 1. The number of hydrogen-bond donors (Lipinski definition) is 2. The minimum atomic E-state index is 0.0700. The molecule has 0 saturated heterocycles. The van der Waals surface area contributed by atoms with Gasteiger partial charge in [0, 0.05) is 18.0 Å². The summed E-state index contributed by atoms with van der Waals surface area (Å²) in [5, 5.41) is 20.8. The summed E-state index contributed by atoms with van der Waals surface area (Å²) in [5.41, 5.74) is 1.54. The number of pyridine rings is 1. The number of aromatic hydroxyl groups is 1. The molecular weight excluding hydrogens is 314 g/mol. The predicted molar refractivity (Wildman–Crippen MR) is 88.3 cm³/mol. The van der Waals surface area contributed by atoms with E-state index in [4.69, 9.17) is 17.0 Å². The Kier molecular flexibility index (Phi) is 4.15. The quantitative estimate of drug-likeness (QED) is 0.568. The van der Waals surface area contributed by atoms with Crippen molar-refractivity contribution in [1.82, 2.24) is 19.9 Å². The monoisotopic (exact) mass is 327 g/mol. The third kappa shape index (κ3) is 3.11. The van der Waals surface area contributed by atoms with Crippen LogP contribution in [-0.4, -0.2) is 38.3 Å². The molecule has 23 heavy (non-hydrogen) atoms. The second-order valence-corrected chi connectivity index (χ2v) is 4.97. The first-order chi connectivity index (χ1) is 11.2. The van der Waals surface area contributed by atoms with Crippen LogP contribution in [0.1, 0.15) is 5.56 Å². The molecule has 2 N–H and O–H groups in total. The molecule has 0 aliphatic rings. The zero-order chi connectivity index (χ0) is 16.2. The Morgan fingerprint density at radius 2 is 2.26 bits per heavy atom. The van der Waals surface area contributed by atoms with Gasteiger partial charge >= 0.3 is 0 Å². The van der Waals surface area contributed by atoms with Gasteiger partial charge < -0.3 is 9.84 Å². The van der Waals surface area contributed by atoms with Crippen molar-refractivity contribution in [3.8, 4) is 22.9 Å². The van der Waals surface area contributed by atoms with E-state index in [1.165, 1.54) is 17.9 Å². The predicted octanol–water partition coefficient (Wildman–Crippen LogP) is 2.60. The summed E-state index contributed by atoms with van der Waals surface area (Å²) in [6.45, 7) is 0. The summed E-state index contributed by atoms with van der Waals surface area (Å²) in [6, 6.07) is 8.61. The van der Waals surface area contributed by atoms with E-state index in [9.17, 15) is 5.11 Å². The first-order valence-corrected chi connectivity index (χ1v) is 7.09. The highest BCUT2D eigenvalue weighted by molar-refractivity contribution is 7.71. The molecule has 0 aliphatic heterocycles.